The summed E-state index contributed by atoms with van der Waals surface area (Å²) in [6, 6.07) is 0. The van der Waals surface area contributed by atoms with Crippen LogP contribution >= 0.6 is 0 Å². The van der Waals surface area contributed by atoms with Gasteiger partial charge < -0.3 is 24.4 Å². The zero-order valence-corrected chi connectivity index (χ0v) is 23.9. The molecule has 0 amide bonds. The maximum absolute atomic E-state index is 13.4. The molecule has 39 heavy (non-hydrogen) atoms. The van der Waals surface area contributed by atoms with E-state index in [1.54, 1.807) is 27.7 Å². The summed E-state index contributed by atoms with van der Waals surface area (Å²) >= 11 is 0. The second-order valence-corrected chi connectivity index (χ2v) is 11.2. The molecule has 0 bridgehead atoms. The highest BCUT2D eigenvalue weighted by Gasteiger charge is 2.57. The van der Waals surface area contributed by atoms with Crippen molar-refractivity contribution in [2.24, 2.45) is 11.8 Å². The lowest BCUT2D eigenvalue weighted by Gasteiger charge is -2.43. The molecule has 0 heterocycles. The van der Waals surface area contributed by atoms with Gasteiger partial charge in [-0.15, -0.1) is 0 Å². The molecule has 230 valence electrons. The fourth-order valence-corrected chi connectivity index (χ4v) is 5.32. The molecule has 6 nitrogen and oxygen atoms in total. The standard InChI is InChI=1S/C27H44F6O6/c1-9-24(10-2,37-15-22(7,35)26(28,29)30)18-13-19(20(14-18)39-21(34)17(5)6)25(11-3,12-4)38-16-23(8,36)27(31,32)33/h18-20,35-36H,5,9-16H2,1-4,6-8H3. The summed E-state index contributed by atoms with van der Waals surface area (Å²) in [5, 5.41) is 20.0. The van der Waals surface area contributed by atoms with Gasteiger partial charge in [0.15, 0.2) is 11.2 Å². The van der Waals surface area contributed by atoms with Crippen molar-refractivity contribution in [1.29, 1.82) is 0 Å². The third-order valence-corrected chi connectivity index (χ3v) is 8.43. The van der Waals surface area contributed by atoms with Crippen molar-refractivity contribution in [3.63, 3.8) is 0 Å². The Morgan fingerprint density at radius 2 is 1.18 bits per heavy atom. The van der Waals surface area contributed by atoms with Crippen LogP contribution < -0.4 is 0 Å². The molecule has 0 radical (unpaired) electrons. The lowest BCUT2D eigenvalue weighted by atomic mass is 9.76. The molecule has 0 aromatic carbocycles. The van der Waals surface area contributed by atoms with Gasteiger partial charge in [0, 0.05) is 11.5 Å². The Labute approximate surface area is 227 Å². The van der Waals surface area contributed by atoms with E-state index in [1.165, 1.54) is 6.92 Å². The zero-order valence-electron chi connectivity index (χ0n) is 23.9. The number of ether oxygens (including phenoxy) is 3. The van der Waals surface area contributed by atoms with Crippen molar-refractivity contribution < 1.29 is 55.6 Å². The molecule has 5 atom stereocenters. The number of alkyl halides is 6. The van der Waals surface area contributed by atoms with Crippen molar-refractivity contribution in [3.8, 4) is 0 Å². The van der Waals surface area contributed by atoms with Crippen LogP contribution in [0, 0.1) is 11.8 Å². The second kappa shape index (κ2) is 12.7. The molecule has 1 aliphatic rings. The summed E-state index contributed by atoms with van der Waals surface area (Å²) in [6.45, 7) is 11.1. The Hall–Kier alpha value is -1.37. The molecule has 5 unspecified atom stereocenters. The van der Waals surface area contributed by atoms with E-state index in [2.05, 4.69) is 6.58 Å². The van der Waals surface area contributed by atoms with E-state index in [0.717, 1.165) is 0 Å². The first-order valence-corrected chi connectivity index (χ1v) is 13.3. The van der Waals surface area contributed by atoms with E-state index in [1.807, 2.05) is 0 Å². The van der Waals surface area contributed by atoms with Crippen molar-refractivity contribution in [3.05, 3.63) is 12.2 Å². The van der Waals surface area contributed by atoms with Gasteiger partial charge in [0.2, 0.25) is 0 Å². The van der Waals surface area contributed by atoms with Gasteiger partial charge in [0.1, 0.15) is 6.10 Å². The van der Waals surface area contributed by atoms with Crippen LogP contribution in [-0.4, -0.2) is 70.3 Å². The number of rotatable bonds is 14. The number of carbonyl (C=O) groups excluding carboxylic acids is 1. The third kappa shape index (κ3) is 7.89. The van der Waals surface area contributed by atoms with Gasteiger partial charge in [0.05, 0.1) is 24.4 Å². The van der Waals surface area contributed by atoms with Crippen LogP contribution in [-0.2, 0) is 19.0 Å². The quantitative estimate of drug-likeness (QED) is 0.143. The molecule has 2 N–H and O–H groups in total. The highest BCUT2D eigenvalue weighted by atomic mass is 19.4. The average Bonchev–Trinajstić information content (AvgIpc) is 3.24. The number of hydrogen-bond donors (Lipinski definition) is 2. The van der Waals surface area contributed by atoms with E-state index in [4.69, 9.17) is 14.2 Å². The molecule has 0 saturated heterocycles. The number of halogens is 6. The van der Waals surface area contributed by atoms with Crippen LogP contribution in [0.1, 0.15) is 87.0 Å². The molecule has 0 aliphatic heterocycles. The summed E-state index contributed by atoms with van der Waals surface area (Å²) in [7, 11) is 0. The van der Waals surface area contributed by atoms with Crippen LogP contribution in [0.4, 0.5) is 26.3 Å². The molecular formula is C27H44F6O6. The second-order valence-electron chi connectivity index (χ2n) is 11.2. The van der Waals surface area contributed by atoms with Gasteiger partial charge >= 0.3 is 18.3 Å². The Morgan fingerprint density at radius 1 is 0.795 bits per heavy atom. The van der Waals surface area contributed by atoms with Crippen molar-refractivity contribution in [2.75, 3.05) is 13.2 Å². The Balaban J connectivity index is 3.47. The number of esters is 1. The fourth-order valence-electron chi connectivity index (χ4n) is 5.32. The van der Waals surface area contributed by atoms with Gasteiger partial charge in [-0.1, -0.05) is 34.3 Å². The fraction of sp³-hybridized carbons (Fsp3) is 0.889. The number of hydrogen-bond acceptors (Lipinski definition) is 6. The van der Waals surface area contributed by atoms with Gasteiger partial charge in [-0.3, -0.25) is 0 Å². The number of aliphatic hydroxyl groups is 2. The Morgan fingerprint density at radius 3 is 1.51 bits per heavy atom. The number of carbonyl (C=O) groups is 1. The smallest absolute Gasteiger partial charge is 0.419 e. The van der Waals surface area contributed by atoms with Crippen molar-refractivity contribution in [1.82, 2.24) is 0 Å². The molecule has 12 heteroatoms. The lowest BCUT2D eigenvalue weighted by molar-refractivity contribution is -0.283. The summed E-state index contributed by atoms with van der Waals surface area (Å²) in [5.74, 6) is -1.85. The SMILES string of the molecule is C=C(C)C(=O)OC1CC(C(CC)(CC)OCC(C)(O)C(F)(F)F)CC1C(CC)(CC)OCC(C)(O)C(F)(F)F. The minimum atomic E-state index is -4.95. The Kier molecular flexibility index (Phi) is 11.6. The van der Waals surface area contributed by atoms with Crippen LogP contribution in [0.25, 0.3) is 0 Å². The van der Waals surface area contributed by atoms with Gasteiger partial charge in [-0.05, 0) is 65.2 Å². The summed E-state index contributed by atoms with van der Waals surface area (Å²) in [5.41, 5.74) is -8.54. The van der Waals surface area contributed by atoms with Crippen LogP contribution in [0.5, 0.6) is 0 Å². The van der Waals surface area contributed by atoms with Crippen LogP contribution in [0.15, 0.2) is 12.2 Å². The molecule has 1 aliphatic carbocycles. The minimum absolute atomic E-state index is 0.103. The maximum Gasteiger partial charge on any atom is 0.419 e. The maximum atomic E-state index is 13.4. The monoisotopic (exact) mass is 578 g/mol. The summed E-state index contributed by atoms with van der Waals surface area (Å²) in [4.78, 5) is 12.5. The van der Waals surface area contributed by atoms with Gasteiger partial charge in [-0.25, -0.2) is 4.79 Å². The van der Waals surface area contributed by atoms with Gasteiger partial charge in [-0.2, -0.15) is 26.3 Å². The normalized spacial score (nSPS) is 24.2. The average molecular weight is 579 g/mol. The summed E-state index contributed by atoms with van der Waals surface area (Å²) in [6.07, 6.45) is -9.42. The lowest BCUT2D eigenvalue weighted by Crippen LogP contribution is -2.52. The highest BCUT2D eigenvalue weighted by molar-refractivity contribution is 5.87. The van der Waals surface area contributed by atoms with Crippen LogP contribution in [0.3, 0.4) is 0 Å². The predicted molar refractivity (Wildman–Crippen MR) is 133 cm³/mol. The first-order chi connectivity index (χ1) is 17.6. The van der Waals surface area contributed by atoms with Gasteiger partial charge in [0.25, 0.3) is 0 Å². The molecule has 0 aromatic heterocycles. The largest absolute Gasteiger partial charge is 0.459 e. The molecule has 0 spiro atoms. The highest BCUT2D eigenvalue weighted by Crippen LogP contribution is 2.51. The van der Waals surface area contributed by atoms with E-state index in [0.29, 0.717) is 13.8 Å². The molecule has 0 aromatic rings. The Bertz CT molecular complexity index is 828. The summed E-state index contributed by atoms with van der Waals surface area (Å²) < 4.78 is 97.6. The molecular weight excluding hydrogens is 534 g/mol. The predicted octanol–water partition coefficient (Wildman–Crippen LogP) is 6.28. The molecule has 1 fully saturated rings. The van der Waals surface area contributed by atoms with Crippen molar-refractivity contribution in [2.45, 2.75) is 128 Å². The zero-order chi connectivity index (χ0) is 30.7. The van der Waals surface area contributed by atoms with E-state index >= 15 is 0 Å². The first-order valence-electron chi connectivity index (χ1n) is 13.3. The third-order valence-electron chi connectivity index (χ3n) is 8.43. The molecule has 1 rings (SSSR count). The van der Waals surface area contributed by atoms with E-state index in [-0.39, 0.29) is 44.1 Å². The van der Waals surface area contributed by atoms with Crippen molar-refractivity contribution >= 4 is 5.97 Å². The topological polar surface area (TPSA) is 85.2 Å². The van der Waals surface area contributed by atoms with E-state index in [9.17, 15) is 41.4 Å². The first kappa shape index (κ1) is 35.7. The molecule has 1 saturated carbocycles. The van der Waals surface area contributed by atoms with E-state index < -0.39 is 71.9 Å². The van der Waals surface area contributed by atoms with Crippen LogP contribution in [0.2, 0.25) is 0 Å². The minimum Gasteiger partial charge on any atom is -0.459 e.